The van der Waals surface area contributed by atoms with Crippen LogP contribution < -0.4 is 3.58 Å². The zero-order valence-electron chi connectivity index (χ0n) is 23.2. The number of unbranched alkanes of at least 4 members (excludes halogenated alkanes) is 3. The summed E-state index contributed by atoms with van der Waals surface area (Å²) in [7, 11) is 0. The van der Waals surface area contributed by atoms with Crippen LogP contribution in [0.2, 0.25) is 13.3 Å². The monoisotopic (exact) mass is 616 g/mol. The Morgan fingerprint density at radius 3 is 1.82 bits per heavy atom. The molecule has 0 bridgehead atoms. The third kappa shape index (κ3) is 6.22. The molecule has 4 aromatic carbocycles. The van der Waals surface area contributed by atoms with Gasteiger partial charge in [0.1, 0.15) is 0 Å². The first kappa shape index (κ1) is 28.5. The average molecular weight is 615 g/mol. The molecule has 3 heteroatoms. The van der Waals surface area contributed by atoms with Crippen LogP contribution in [-0.2, 0) is 0 Å². The van der Waals surface area contributed by atoms with Crippen molar-refractivity contribution in [1.82, 2.24) is 0 Å². The number of hydrogen-bond acceptors (Lipinski definition) is 1. The minimum atomic E-state index is -3.06. The Bertz CT molecular complexity index is 1330. The fourth-order valence-electron chi connectivity index (χ4n) is 5.99. The fourth-order valence-corrected chi connectivity index (χ4v) is 22.9. The zero-order valence-corrected chi connectivity index (χ0v) is 26.1. The van der Waals surface area contributed by atoms with Crippen molar-refractivity contribution < 1.29 is 9.18 Å². The van der Waals surface area contributed by atoms with Crippen LogP contribution in [0.15, 0.2) is 84.9 Å². The molecule has 0 aliphatic heterocycles. The summed E-state index contributed by atoms with van der Waals surface area (Å²) < 4.78 is 20.0. The molecule has 0 amide bonds. The van der Waals surface area contributed by atoms with Gasteiger partial charge in [0.15, 0.2) is 0 Å². The molecule has 0 atom stereocenters. The van der Waals surface area contributed by atoms with Gasteiger partial charge >= 0.3 is 233 Å². The standard InChI is InChI=1S/C23H14FO.3C4H9.Sn/c24-19-12-14-21-18(15-19)11-13-20(16-7-3-1-4-8-16)22(21)23(25)17-9-5-2-6-10-17;3*1-3-4-2;/h1-12,14-15H;3*1,3-4H2,2H3;. The SMILES string of the molecule is CCC[CH2][Sn]([CH2]CCC)([CH2]CCC)[c]1cc2cc(F)ccc2c(C(=O)c2ccccc2)c1-c1ccccc1. The van der Waals surface area contributed by atoms with Crippen molar-refractivity contribution in [3.05, 3.63) is 102 Å². The molecule has 0 fully saturated rings. The van der Waals surface area contributed by atoms with Gasteiger partial charge in [-0.25, -0.2) is 0 Å². The molecule has 0 unspecified atom stereocenters. The van der Waals surface area contributed by atoms with Gasteiger partial charge in [0.2, 0.25) is 0 Å². The summed E-state index contributed by atoms with van der Waals surface area (Å²) in [4.78, 5) is 14.4. The van der Waals surface area contributed by atoms with Gasteiger partial charge in [-0.15, -0.1) is 0 Å². The van der Waals surface area contributed by atoms with Crippen LogP contribution in [0.3, 0.4) is 0 Å². The first-order valence-electron chi connectivity index (χ1n) is 14.5. The van der Waals surface area contributed by atoms with Crippen molar-refractivity contribution in [2.45, 2.75) is 72.6 Å². The molecule has 0 aromatic heterocycles. The molecular weight excluding hydrogens is 574 g/mol. The van der Waals surface area contributed by atoms with Gasteiger partial charge in [-0.05, 0) is 0 Å². The number of fused-ring (bicyclic) bond motifs is 1. The topological polar surface area (TPSA) is 17.1 Å². The number of halogens is 1. The molecule has 0 heterocycles. The summed E-state index contributed by atoms with van der Waals surface area (Å²) in [5.74, 6) is -0.213. The van der Waals surface area contributed by atoms with E-state index < -0.39 is 18.4 Å². The number of hydrogen-bond donors (Lipinski definition) is 0. The van der Waals surface area contributed by atoms with Gasteiger partial charge in [-0.3, -0.25) is 0 Å². The van der Waals surface area contributed by atoms with Crippen LogP contribution in [0, 0.1) is 5.82 Å². The van der Waals surface area contributed by atoms with Crippen molar-refractivity contribution in [2.24, 2.45) is 0 Å². The Balaban J connectivity index is 2.15. The van der Waals surface area contributed by atoms with Crippen LogP contribution in [0.5, 0.6) is 0 Å². The molecule has 0 aliphatic carbocycles. The molecule has 1 nitrogen and oxygen atoms in total. The second-order valence-corrected chi connectivity index (χ2v) is 23.8. The molecule has 4 aromatic rings. The second-order valence-electron chi connectivity index (χ2n) is 10.7. The summed E-state index contributed by atoms with van der Waals surface area (Å²) in [6.45, 7) is 6.86. The van der Waals surface area contributed by atoms with E-state index in [4.69, 9.17) is 0 Å². The Labute approximate surface area is 232 Å². The molecular formula is C35H41FOSn. The Hall–Kier alpha value is -2.46. The van der Waals surface area contributed by atoms with Gasteiger partial charge in [-0.2, -0.15) is 0 Å². The number of carbonyl (C=O) groups is 1. The first-order valence-corrected chi connectivity index (χ1v) is 21.9. The van der Waals surface area contributed by atoms with E-state index in [9.17, 15) is 9.18 Å². The second kappa shape index (κ2) is 13.6. The predicted octanol–water partition coefficient (Wildman–Crippen LogP) is 9.93. The van der Waals surface area contributed by atoms with Gasteiger partial charge in [0, 0.05) is 0 Å². The molecule has 0 saturated heterocycles. The molecule has 0 spiro atoms. The Morgan fingerprint density at radius 2 is 1.26 bits per heavy atom. The van der Waals surface area contributed by atoms with E-state index in [-0.39, 0.29) is 11.6 Å². The van der Waals surface area contributed by atoms with Crippen molar-refractivity contribution in [2.75, 3.05) is 0 Å². The summed E-state index contributed by atoms with van der Waals surface area (Å²) >= 11 is -3.06. The molecule has 0 radical (unpaired) electrons. The first-order chi connectivity index (χ1) is 18.5. The van der Waals surface area contributed by atoms with E-state index in [1.165, 1.54) is 61.5 Å². The molecule has 0 saturated carbocycles. The van der Waals surface area contributed by atoms with E-state index in [0.29, 0.717) is 5.56 Å². The number of carbonyl (C=O) groups excluding carboxylic acids is 1. The van der Waals surface area contributed by atoms with Gasteiger partial charge in [0.05, 0.1) is 0 Å². The Morgan fingerprint density at radius 1 is 0.711 bits per heavy atom. The minimum absolute atomic E-state index is 0.0320. The Kier molecular flexibility index (Phi) is 10.2. The van der Waals surface area contributed by atoms with E-state index in [2.05, 4.69) is 51.1 Å². The van der Waals surface area contributed by atoms with E-state index >= 15 is 0 Å². The van der Waals surface area contributed by atoms with Crippen LogP contribution in [0.1, 0.15) is 75.2 Å². The quantitative estimate of drug-likeness (QED) is 0.108. The summed E-state index contributed by atoms with van der Waals surface area (Å²) in [6.07, 6.45) is 7.20. The van der Waals surface area contributed by atoms with Crippen LogP contribution in [0.4, 0.5) is 4.39 Å². The maximum atomic E-state index is 14.7. The van der Waals surface area contributed by atoms with Crippen LogP contribution >= 0.6 is 0 Å². The average Bonchev–Trinajstić information content (AvgIpc) is 2.96. The molecule has 0 N–H and O–H groups in total. The van der Waals surface area contributed by atoms with Crippen molar-refractivity contribution in [1.29, 1.82) is 0 Å². The summed E-state index contributed by atoms with van der Waals surface area (Å²) in [5.41, 5.74) is 3.67. The fraction of sp³-hybridized carbons (Fsp3) is 0.343. The third-order valence-corrected chi connectivity index (χ3v) is 23.6. The summed E-state index contributed by atoms with van der Waals surface area (Å²) in [6, 6.07) is 27.4. The molecule has 198 valence electrons. The van der Waals surface area contributed by atoms with Crippen LogP contribution in [0.25, 0.3) is 21.9 Å². The van der Waals surface area contributed by atoms with Crippen LogP contribution in [-0.4, -0.2) is 24.2 Å². The van der Waals surface area contributed by atoms with Crippen molar-refractivity contribution >= 4 is 38.5 Å². The molecule has 38 heavy (non-hydrogen) atoms. The van der Waals surface area contributed by atoms with Crippen molar-refractivity contribution in [3.8, 4) is 11.1 Å². The van der Waals surface area contributed by atoms with E-state index in [0.717, 1.165) is 27.5 Å². The molecule has 4 rings (SSSR count). The maximum absolute atomic E-state index is 14.7. The van der Waals surface area contributed by atoms with Gasteiger partial charge in [0.25, 0.3) is 0 Å². The van der Waals surface area contributed by atoms with E-state index in [1.807, 2.05) is 42.5 Å². The van der Waals surface area contributed by atoms with Gasteiger partial charge < -0.3 is 0 Å². The normalized spacial score (nSPS) is 11.7. The molecule has 0 aliphatic rings. The number of benzene rings is 4. The van der Waals surface area contributed by atoms with E-state index in [1.54, 1.807) is 6.07 Å². The summed E-state index contributed by atoms with van der Waals surface area (Å²) in [5, 5.41) is 1.72. The van der Waals surface area contributed by atoms with Gasteiger partial charge in [-0.1, -0.05) is 0 Å². The van der Waals surface area contributed by atoms with Crippen molar-refractivity contribution in [3.63, 3.8) is 0 Å². The number of ketones is 1. The number of rotatable bonds is 13. The predicted molar refractivity (Wildman–Crippen MR) is 164 cm³/mol. The third-order valence-electron chi connectivity index (χ3n) is 8.03. The zero-order chi connectivity index (χ0) is 27.0.